The molecular weight excluding hydrogens is 274 g/mol. The summed E-state index contributed by atoms with van der Waals surface area (Å²) in [5, 5.41) is 9.70. The van der Waals surface area contributed by atoms with Gasteiger partial charge in [0.25, 0.3) is 0 Å². The second-order valence-corrected chi connectivity index (χ2v) is 6.44. The van der Waals surface area contributed by atoms with Crippen molar-refractivity contribution in [1.82, 2.24) is 15.6 Å². The molecule has 6 nitrogen and oxygen atoms in total. The van der Waals surface area contributed by atoms with Crippen LogP contribution in [0.4, 0.5) is 5.13 Å². The molecule has 1 aliphatic rings. The van der Waals surface area contributed by atoms with Crippen LogP contribution in [0.15, 0.2) is 10.4 Å². The van der Waals surface area contributed by atoms with Crippen molar-refractivity contribution in [3.05, 3.63) is 11.1 Å². The van der Waals surface area contributed by atoms with Gasteiger partial charge in [-0.1, -0.05) is 6.92 Å². The topological polar surface area (TPSA) is 61.8 Å². The molecule has 1 saturated heterocycles. The highest BCUT2D eigenvalue weighted by Crippen LogP contribution is 2.24. The third kappa shape index (κ3) is 3.83. The third-order valence-corrected chi connectivity index (χ3v) is 4.22. The Kier molecular flexibility index (Phi) is 4.82. The largest absolute Gasteiger partial charge is 0.380 e. The van der Waals surface area contributed by atoms with Gasteiger partial charge in [0.1, 0.15) is 0 Å². The summed E-state index contributed by atoms with van der Waals surface area (Å²) < 4.78 is 5.24. The fourth-order valence-corrected chi connectivity index (χ4v) is 2.59. The van der Waals surface area contributed by atoms with Crippen LogP contribution in [0.25, 0.3) is 0 Å². The lowest BCUT2D eigenvalue weighted by Crippen LogP contribution is -2.50. The first-order valence-electron chi connectivity index (χ1n) is 6.66. The Morgan fingerprint density at radius 3 is 2.75 bits per heavy atom. The van der Waals surface area contributed by atoms with E-state index in [4.69, 9.17) is 4.74 Å². The molecule has 1 fully saturated rings. The summed E-state index contributed by atoms with van der Waals surface area (Å²) in [6, 6.07) is 0. The van der Waals surface area contributed by atoms with Crippen molar-refractivity contribution in [3.63, 3.8) is 0 Å². The first-order valence-corrected chi connectivity index (χ1v) is 7.54. The molecule has 1 aliphatic heterocycles. The second-order valence-electron chi connectivity index (χ2n) is 5.60. The highest BCUT2D eigenvalue weighted by molar-refractivity contribution is 7.13. The molecule has 0 spiro atoms. The number of nitrogens with zero attached hydrogens (tertiary/aromatic N) is 3. The van der Waals surface area contributed by atoms with Crippen molar-refractivity contribution < 1.29 is 4.74 Å². The van der Waals surface area contributed by atoms with Gasteiger partial charge in [-0.05, 0) is 0 Å². The van der Waals surface area contributed by atoms with Gasteiger partial charge < -0.3 is 20.3 Å². The maximum Gasteiger partial charge on any atom is 0.191 e. The summed E-state index contributed by atoms with van der Waals surface area (Å²) in [5.41, 5.74) is 1.26. The van der Waals surface area contributed by atoms with Gasteiger partial charge in [0.15, 0.2) is 11.1 Å². The summed E-state index contributed by atoms with van der Waals surface area (Å²) in [6.07, 6.45) is 0. The molecule has 0 atom stereocenters. The Labute approximate surface area is 124 Å². The van der Waals surface area contributed by atoms with Crippen molar-refractivity contribution in [2.45, 2.75) is 13.5 Å². The SMILES string of the molecule is CN=C(NCc1csc(N(C)C)n1)NCC1(C)COC1. The maximum atomic E-state index is 5.24. The molecule has 2 heterocycles. The van der Waals surface area contributed by atoms with E-state index in [-0.39, 0.29) is 5.41 Å². The molecule has 2 rings (SSSR count). The first kappa shape index (κ1) is 15.1. The van der Waals surface area contributed by atoms with Gasteiger partial charge in [0.2, 0.25) is 0 Å². The lowest BCUT2D eigenvalue weighted by molar-refractivity contribution is -0.0971. The Balaban J connectivity index is 1.78. The third-order valence-electron chi connectivity index (χ3n) is 3.17. The minimum Gasteiger partial charge on any atom is -0.380 e. The van der Waals surface area contributed by atoms with Crippen molar-refractivity contribution in [3.8, 4) is 0 Å². The van der Waals surface area contributed by atoms with E-state index >= 15 is 0 Å². The Bertz CT molecular complexity index is 467. The Morgan fingerprint density at radius 1 is 1.50 bits per heavy atom. The van der Waals surface area contributed by atoms with Crippen molar-refractivity contribution >= 4 is 22.4 Å². The van der Waals surface area contributed by atoms with E-state index in [1.807, 2.05) is 19.0 Å². The number of thiazole rings is 1. The normalized spacial score (nSPS) is 17.5. The smallest absolute Gasteiger partial charge is 0.191 e. The molecule has 112 valence electrons. The predicted octanol–water partition coefficient (Wildman–Crippen LogP) is 0.911. The monoisotopic (exact) mass is 297 g/mol. The lowest BCUT2D eigenvalue weighted by Gasteiger charge is -2.38. The average molecular weight is 297 g/mol. The number of nitrogens with one attached hydrogen (secondary N) is 2. The molecule has 0 unspecified atom stereocenters. The molecule has 0 radical (unpaired) electrons. The quantitative estimate of drug-likeness (QED) is 0.625. The number of hydrogen-bond acceptors (Lipinski definition) is 5. The first-order chi connectivity index (χ1) is 9.52. The summed E-state index contributed by atoms with van der Waals surface area (Å²) in [4.78, 5) is 10.8. The van der Waals surface area contributed by atoms with E-state index in [9.17, 15) is 0 Å². The minimum atomic E-state index is 0.232. The van der Waals surface area contributed by atoms with Crippen LogP contribution in [0.2, 0.25) is 0 Å². The van der Waals surface area contributed by atoms with Crippen LogP contribution < -0.4 is 15.5 Å². The van der Waals surface area contributed by atoms with Crippen molar-refractivity contribution in [2.24, 2.45) is 10.4 Å². The molecule has 0 bridgehead atoms. The minimum absolute atomic E-state index is 0.232. The van der Waals surface area contributed by atoms with Gasteiger partial charge >= 0.3 is 0 Å². The highest BCUT2D eigenvalue weighted by atomic mass is 32.1. The van der Waals surface area contributed by atoms with E-state index in [0.717, 1.165) is 36.5 Å². The van der Waals surface area contributed by atoms with Crippen LogP contribution in [0.3, 0.4) is 0 Å². The molecule has 0 saturated carbocycles. The fraction of sp³-hybridized carbons (Fsp3) is 0.692. The number of hydrogen-bond donors (Lipinski definition) is 2. The molecular formula is C13H23N5OS. The summed E-state index contributed by atoms with van der Waals surface area (Å²) in [5.74, 6) is 0.803. The van der Waals surface area contributed by atoms with Crippen LogP contribution in [0, 0.1) is 5.41 Å². The summed E-state index contributed by atoms with van der Waals surface area (Å²) in [7, 11) is 5.77. The molecule has 7 heteroatoms. The standard InChI is InChI=1S/C13H23N5OS/c1-13(8-19-9-13)7-16-11(14-2)15-5-10-6-20-12(17-10)18(3)4/h6H,5,7-9H2,1-4H3,(H2,14,15,16). The molecule has 0 aliphatic carbocycles. The number of ether oxygens (including phenoxy) is 1. The molecule has 20 heavy (non-hydrogen) atoms. The van der Waals surface area contributed by atoms with Gasteiger partial charge in [-0.25, -0.2) is 4.98 Å². The van der Waals surface area contributed by atoms with Gasteiger partial charge in [0.05, 0.1) is 25.5 Å². The van der Waals surface area contributed by atoms with Gasteiger partial charge in [-0.2, -0.15) is 0 Å². The number of rotatable bonds is 5. The van der Waals surface area contributed by atoms with Crippen LogP contribution in [-0.4, -0.2) is 51.8 Å². The Hall–Kier alpha value is -1.34. The summed E-state index contributed by atoms with van der Waals surface area (Å²) >= 11 is 1.65. The van der Waals surface area contributed by atoms with E-state index < -0.39 is 0 Å². The zero-order chi connectivity index (χ0) is 14.6. The van der Waals surface area contributed by atoms with E-state index in [1.165, 1.54) is 0 Å². The average Bonchev–Trinajstić information content (AvgIpc) is 2.86. The number of guanidine groups is 1. The zero-order valence-electron chi connectivity index (χ0n) is 12.6. The second kappa shape index (κ2) is 6.41. The van der Waals surface area contributed by atoms with Gasteiger partial charge in [-0.3, -0.25) is 4.99 Å². The predicted molar refractivity (Wildman–Crippen MR) is 83.6 cm³/mol. The van der Waals surface area contributed by atoms with E-state index in [2.05, 4.69) is 32.9 Å². The zero-order valence-corrected chi connectivity index (χ0v) is 13.4. The number of aliphatic imine (C=N–C) groups is 1. The van der Waals surface area contributed by atoms with Crippen LogP contribution in [0.5, 0.6) is 0 Å². The van der Waals surface area contributed by atoms with Gasteiger partial charge in [0, 0.05) is 38.5 Å². The Morgan fingerprint density at radius 2 is 2.25 bits per heavy atom. The van der Waals surface area contributed by atoms with E-state index in [1.54, 1.807) is 18.4 Å². The number of anilines is 1. The molecule has 1 aromatic rings. The van der Waals surface area contributed by atoms with Crippen LogP contribution in [0.1, 0.15) is 12.6 Å². The van der Waals surface area contributed by atoms with Gasteiger partial charge in [-0.15, -0.1) is 11.3 Å². The molecule has 0 aromatic carbocycles. The maximum absolute atomic E-state index is 5.24. The fourth-order valence-electron chi connectivity index (χ4n) is 1.83. The molecule has 0 amide bonds. The highest BCUT2D eigenvalue weighted by Gasteiger charge is 2.33. The molecule has 1 aromatic heterocycles. The van der Waals surface area contributed by atoms with Crippen molar-refractivity contribution in [1.29, 1.82) is 0 Å². The molecule has 2 N–H and O–H groups in total. The van der Waals surface area contributed by atoms with Crippen LogP contribution >= 0.6 is 11.3 Å². The van der Waals surface area contributed by atoms with E-state index in [0.29, 0.717) is 6.54 Å². The lowest BCUT2D eigenvalue weighted by atomic mass is 9.89. The number of aromatic nitrogens is 1. The van der Waals surface area contributed by atoms with Crippen molar-refractivity contribution in [2.75, 3.05) is 45.8 Å². The van der Waals surface area contributed by atoms with Crippen LogP contribution in [-0.2, 0) is 11.3 Å². The summed E-state index contributed by atoms with van der Waals surface area (Å²) in [6.45, 7) is 5.38.